The lowest BCUT2D eigenvalue weighted by Crippen LogP contribution is -2.45. The molecular formula is C16H28O4. The van der Waals surface area contributed by atoms with Crippen LogP contribution in [0.1, 0.15) is 61.3 Å². The van der Waals surface area contributed by atoms with Crippen molar-refractivity contribution in [3.63, 3.8) is 0 Å². The Labute approximate surface area is 122 Å². The molecule has 2 atom stereocenters. The summed E-state index contributed by atoms with van der Waals surface area (Å²) in [6.07, 6.45) is 0.425. The molecule has 0 aliphatic carbocycles. The topological polar surface area (TPSA) is 52.6 Å². The van der Waals surface area contributed by atoms with Crippen molar-refractivity contribution in [2.45, 2.75) is 67.4 Å². The van der Waals surface area contributed by atoms with Crippen molar-refractivity contribution >= 4 is 11.9 Å². The summed E-state index contributed by atoms with van der Waals surface area (Å²) in [5.74, 6) is -0.728. The minimum atomic E-state index is -0.732. The summed E-state index contributed by atoms with van der Waals surface area (Å²) in [5, 5.41) is 0. The van der Waals surface area contributed by atoms with E-state index in [2.05, 4.69) is 20.8 Å². The first-order valence-corrected chi connectivity index (χ1v) is 7.24. The van der Waals surface area contributed by atoms with Gasteiger partial charge in [-0.15, -0.1) is 0 Å². The van der Waals surface area contributed by atoms with Crippen LogP contribution in [0.2, 0.25) is 0 Å². The fourth-order valence-electron chi connectivity index (χ4n) is 2.55. The van der Waals surface area contributed by atoms with Crippen molar-refractivity contribution in [3.05, 3.63) is 0 Å². The van der Waals surface area contributed by atoms with Gasteiger partial charge in [0.15, 0.2) is 0 Å². The molecule has 1 rings (SSSR count). The maximum Gasteiger partial charge on any atom is 0.347 e. The van der Waals surface area contributed by atoms with Crippen molar-refractivity contribution in [3.8, 4) is 0 Å². The van der Waals surface area contributed by atoms with E-state index >= 15 is 0 Å². The third-order valence-corrected chi connectivity index (χ3v) is 4.13. The number of rotatable bonds is 3. The normalized spacial score (nSPS) is 23.1. The summed E-state index contributed by atoms with van der Waals surface area (Å²) < 4.78 is 10.3. The SMILES string of the molecule is CC(C)(C)CC(C)(C(=O)O[C@@H]1CCOC1=O)C(C)(C)C. The van der Waals surface area contributed by atoms with Gasteiger partial charge in [-0.2, -0.15) is 0 Å². The van der Waals surface area contributed by atoms with E-state index in [1.54, 1.807) is 0 Å². The first-order valence-electron chi connectivity index (χ1n) is 7.24. The lowest BCUT2D eigenvalue weighted by atomic mass is 9.61. The highest BCUT2D eigenvalue weighted by molar-refractivity contribution is 5.83. The van der Waals surface area contributed by atoms with E-state index in [0.717, 1.165) is 0 Å². The van der Waals surface area contributed by atoms with Crippen molar-refractivity contribution < 1.29 is 19.1 Å². The molecule has 0 radical (unpaired) electrons. The largest absolute Gasteiger partial charge is 0.463 e. The number of hydrogen-bond acceptors (Lipinski definition) is 4. The molecule has 4 heteroatoms. The Hall–Kier alpha value is -1.06. The van der Waals surface area contributed by atoms with Gasteiger partial charge in [0.1, 0.15) is 0 Å². The highest BCUT2D eigenvalue weighted by Gasteiger charge is 2.49. The van der Waals surface area contributed by atoms with Crippen molar-refractivity contribution in [1.29, 1.82) is 0 Å². The second-order valence-corrected chi connectivity index (χ2v) is 8.17. The summed E-state index contributed by atoms with van der Waals surface area (Å²) in [6.45, 7) is 14.7. The molecule has 4 nitrogen and oxygen atoms in total. The molecule has 1 aliphatic rings. The van der Waals surface area contributed by atoms with Crippen LogP contribution in [0.4, 0.5) is 0 Å². The Balaban J connectivity index is 2.93. The lowest BCUT2D eigenvalue weighted by molar-refractivity contribution is -0.175. The quantitative estimate of drug-likeness (QED) is 0.746. The molecule has 1 unspecified atom stereocenters. The molecule has 1 fully saturated rings. The predicted octanol–water partition coefficient (Wildman–Crippen LogP) is 3.33. The zero-order valence-corrected chi connectivity index (χ0v) is 13.8. The van der Waals surface area contributed by atoms with E-state index in [1.165, 1.54) is 0 Å². The highest BCUT2D eigenvalue weighted by Crippen LogP contribution is 2.47. The molecule has 1 heterocycles. The van der Waals surface area contributed by atoms with Crippen molar-refractivity contribution in [2.75, 3.05) is 6.61 Å². The zero-order chi connectivity index (χ0) is 15.8. The smallest absolute Gasteiger partial charge is 0.347 e. The molecule has 0 spiro atoms. The summed E-state index contributed by atoms with van der Waals surface area (Å²) in [6, 6.07) is 0. The molecule has 0 aromatic carbocycles. The molecule has 0 N–H and O–H groups in total. The molecule has 1 saturated heterocycles. The lowest BCUT2D eigenvalue weighted by Gasteiger charge is -2.43. The van der Waals surface area contributed by atoms with Crippen molar-refractivity contribution in [2.24, 2.45) is 16.2 Å². The molecule has 0 saturated carbocycles. The molecule has 20 heavy (non-hydrogen) atoms. The summed E-state index contributed by atoms with van der Waals surface area (Å²) in [5.41, 5.74) is -0.898. The second kappa shape index (κ2) is 5.38. The minimum Gasteiger partial charge on any atom is -0.463 e. The number of carbonyl (C=O) groups is 2. The van der Waals surface area contributed by atoms with Gasteiger partial charge >= 0.3 is 11.9 Å². The predicted molar refractivity (Wildman–Crippen MR) is 77.1 cm³/mol. The first-order chi connectivity index (χ1) is 8.87. The van der Waals surface area contributed by atoms with Crippen LogP contribution in [0.25, 0.3) is 0 Å². The Kier molecular flexibility index (Phi) is 4.57. The Morgan fingerprint density at radius 1 is 1.20 bits per heavy atom. The van der Waals surface area contributed by atoms with Gasteiger partial charge in [0, 0.05) is 6.42 Å². The fraction of sp³-hybridized carbons (Fsp3) is 0.875. The molecule has 1 aliphatic heterocycles. The number of esters is 2. The van der Waals surface area contributed by atoms with E-state index in [0.29, 0.717) is 19.4 Å². The minimum absolute atomic E-state index is 0.00274. The third-order valence-electron chi connectivity index (χ3n) is 4.13. The van der Waals surface area contributed by atoms with Crippen molar-refractivity contribution in [1.82, 2.24) is 0 Å². The second-order valence-electron chi connectivity index (χ2n) is 8.17. The van der Waals surface area contributed by atoms with Crippen LogP contribution in [0.3, 0.4) is 0 Å². The van der Waals surface area contributed by atoms with E-state index < -0.39 is 17.5 Å². The molecule has 0 aromatic heterocycles. The molecule has 0 aromatic rings. The van der Waals surface area contributed by atoms with E-state index in [1.807, 2.05) is 27.7 Å². The number of hydrogen-bond donors (Lipinski definition) is 0. The van der Waals surface area contributed by atoms with Gasteiger partial charge in [-0.1, -0.05) is 41.5 Å². The Morgan fingerprint density at radius 2 is 1.75 bits per heavy atom. The maximum absolute atomic E-state index is 12.7. The van der Waals surface area contributed by atoms with Gasteiger partial charge in [-0.05, 0) is 24.2 Å². The molecule has 0 bridgehead atoms. The van der Waals surface area contributed by atoms with Gasteiger partial charge in [0.2, 0.25) is 6.10 Å². The van der Waals surface area contributed by atoms with Crippen LogP contribution in [-0.4, -0.2) is 24.6 Å². The fourth-order valence-corrected chi connectivity index (χ4v) is 2.55. The van der Waals surface area contributed by atoms with E-state index in [9.17, 15) is 9.59 Å². The first kappa shape index (κ1) is 17.0. The summed E-state index contributed by atoms with van der Waals surface area (Å²) in [4.78, 5) is 24.1. The van der Waals surface area contributed by atoms with Gasteiger partial charge in [0.05, 0.1) is 12.0 Å². The van der Waals surface area contributed by atoms with Crippen LogP contribution >= 0.6 is 0 Å². The molecular weight excluding hydrogens is 256 g/mol. The van der Waals surface area contributed by atoms with Gasteiger partial charge in [-0.25, -0.2) is 4.79 Å². The number of carbonyl (C=O) groups excluding carboxylic acids is 2. The van der Waals surface area contributed by atoms with Crippen LogP contribution in [-0.2, 0) is 19.1 Å². The Bertz CT molecular complexity index is 386. The van der Waals surface area contributed by atoms with Gasteiger partial charge < -0.3 is 9.47 Å². The number of ether oxygens (including phenoxy) is 2. The summed E-state index contributed by atoms with van der Waals surface area (Å²) >= 11 is 0. The van der Waals surface area contributed by atoms with E-state index in [4.69, 9.17) is 9.47 Å². The average Bonchev–Trinajstić information content (AvgIpc) is 2.60. The van der Waals surface area contributed by atoms with Crippen LogP contribution in [0.15, 0.2) is 0 Å². The number of cyclic esters (lactones) is 1. The maximum atomic E-state index is 12.7. The monoisotopic (exact) mass is 284 g/mol. The van der Waals surface area contributed by atoms with Crippen LogP contribution < -0.4 is 0 Å². The zero-order valence-electron chi connectivity index (χ0n) is 13.8. The summed E-state index contributed by atoms with van der Waals surface area (Å²) in [7, 11) is 0. The standard InChI is InChI=1S/C16H28O4/c1-14(2,3)10-16(7,15(4,5)6)13(18)20-11-8-9-19-12(11)17/h11H,8-10H2,1-7H3/t11-,16?/m1/s1. The third kappa shape index (κ3) is 3.74. The van der Waals surface area contributed by atoms with E-state index in [-0.39, 0.29) is 16.8 Å². The average molecular weight is 284 g/mol. The molecule has 116 valence electrons. The highest BCUT2D eigenvalue weighted by atomic mass is 16.6. The van der Waals surface area contributed by atoms with Crippen LogP contribution in [0, 0.1) is 16.2 Å². The Morgan fingerprint density at radius 3 is 2.10 bits per heavy atom. The van der Waals surface area contributed by atoms with Gasteiger partial charge in [0.25, 0.3) is 0 Å². The molecule has 0 amide bonds. The van der Waals surface area contributed by atoms with Crippen LogP contribution in [0.5, 0.6) is 0 Å². The van der Waals surface area contributed by atoms with Gasteiger partial charge in [-0.3, -0.25) is 4.79 Å².